The van der Waals surface area contributed by atoms with Gasteiger partial charge in [0.25, 0.3) is 5.56 Å². The number of amides is 1. The predicted molar refractivity (Wildman–Crippen MR) is 96.5 cm³/mol. The van der Waals surface area contributed by atoms with Crippen molar-refractivity contribution in [2.24, 2.45) is 5.92 Å². The average molecular weight is 361 g/mol. The third-order valence-corrected chi connectivity index (χ3v) is 4.41. The van der Waals surface area contributed by atoms with Crippen molar-refractivity contribution in [3.8, 4) is 0 Å². The Hall–Kier alpha value is -2.35. The third-order valence-electron chi connectivity index (χ3n) is 4.41. The van der Waals surface area contributed by atoms with Crippen LogP contribution in [0.2, 0.25) is 0 Å². The number of hydrogen-bond acceptors (Lipinski definition) is 5. The van der Waals surface area contributed by atoms with E-state index in [1.807, 2.05) is 0 Å². The molecule has 2 N–H and O–H groups in total. The second-order valence-electron chi connectivity index (χ2n) is 7.29. The van der Waals surface area contributed by atoms with Crippen molar-refractivity contribution in [1.29, 1.82) is 0 Å². The van der Waals surface area contributed by atoms with Gasteiger partial charge in [-0.1, -0.05) is 13.8 Å². The molecule has 0 radical (unpaired) electrons. The van der Waals surface area contributed by atoms with Gasteiger partial charge in [0.2, 0.25) is 5.91 Å². The second kappa shape index (κ2) is 8.35. The number of aromatic amines is 1. The van der Waals surface area contributed by atoms with Crippen LogP contribution < -0.4 is 10.9 Å². The Bertz CT molecular complexity index is 789. The summed E-state index contributed by atoms with van der Waals surface area (Å²) in [4.78, 5) is 25.4. The molecule has 0 aliphatic carbocycles. The summed E-state index contributed by atoms with van der Waals surface area (Å²) in [7, 11) is 0. The highest BCUT2D eigenvalue weighted by Gasteiger charge is 2.17. The van der Waals surface area contributed by atoms with Crippen LogP contribution in [0.15, 0.2) is 21.5 Å². The van der Waals surface area contributed by atoms with Gasteiger partial charge < -0.3 is 9.84 Å². The lowest BCUT2D eigenvalue weighted by Gasteiger charge is -2.21. The maximum absolute atomic E-state index is 12.0. The van der Waals surface area contributed by atoms with Gasteiger partial charge in [-0.3, -0.25) is 19.2 Å². The van der Waals surface area contributed by atoms with Crippen molar-refractivity contribution < 1.29 is 9.32 Å². The van der Waals surface area contributed by atoms with Crippen LogP contribution in [0.25, 0.3) is 0 Å². The van der Waals surface area contributed by atoms with Gasteiger partial charge in [-0.2, -0.15) is 10.3 Å². The molecule has 8 heteroatoms. The molecular weight excluding hydrogens is 334 g/mol. The molecule has 3 heterocycles. The van der Waals surface area contributed by atoms with Crippen molar-refractivity contribution in [3.63, 3.8) is 0 Å². The number of carbonyl (C=O) groups excluding carboxylic acids is 1. The van der Waals surface area contributed by atoms with Crippen molar-refractivity contribution >= 4 is 5.91 Å². The molecular formula is C18H27N5O3. The minimum absolute atomic E-state index is 0.0847. The maximum Gasteiger partial charge on any atom is 0.280 e. The van der Waals surface area contributed by atoms with Gasteiger partial charge in [0, 0.05) is 45.1 Å². The molecule has 0 spiro atoms. The zero-order chi connectivity index (χ0) is 18.5. The molecule has 0 saturated heterocycles. The molecule has 3 rings (SSSR count). The van der Waals surface area contributed by atoms with E-state index < -0.39 is 0 Å². The molecule has 0 saturated carbocycles. The Morgan fingerprint density at radius 2 is 2.23 bits per heavy atom. The maximum atomic E-state index is 12.0. The summed E-state index contributed by atoms with van der Waals surface area (Å²) in [5.41, 5.74) is 1.81. The molecule has 1 aliphatic rings. The van der Waals surface area contributed by atoms with Crippen molar-refractivity contribution in [3.05, 3.63) is 39.6 Å². The first-order chi connectivity index (χ1) is 12.5. The second-order valence-corrected chi connectivity index (χ2v) is 7.29. The number of H-pyrrole nitrogens is 1. The van der Waals surface area contributed by atoms with Crippen LogP contribution in [0.5, 0.6) is 0 Å². The molecule has 142 valence electrons. The Kier molecular flexibility index (Phi) is 5.92. The first-order valence-corrected chi connectivity index (χ1v) is 9.21. The lowest BCUT2D eigenvalue weighted by molar-refractivity contribution is -0.121. The van der Waals surface area contributed by atoms with E-state index in [0.717, 1.165) is 38.3 Å². The van der Waals surface area contributed by atoms with Gasteiger partial charge in [-0.05, 0) is 18.4 Å². The standard InChI is InChI=1S/C18H27N5O3/c1-13(2)11-22-6-3-7-23-15(12-22)8-14(20-23)10-19-17(24)5-4-16-9-18(25)21-26-16/h8-9,13H,3-7,10-12H2,1-2H3,(H,19,24)(H,21,25). The largest absolute Gasteiger partial charge is 0.384 e. The molecule has 1 amide bonds. The third kappa shape index (κ3) is 5.08. The van der Waals surface area contributed by atoms with Crippen LogP contribution in [-0.4, -0.2) is 38.8 Å². The Morgan fingerprint density at radius 3 is 2.96 bits per heavy atom. The van der Waals surface area contributed by atoms with E-state index in [-0.39, 0.29) is 17.9 Å². The van der Waals surface area contributed by atoms with E-state index in [1.54, 1.807) is 0 Å². The zero-order valence-electron chi connectivity index (χ0n) is 15.5. The Balaban J connectivity index is 1.50. The molecule has 1 aliphatic heterocycles. The fourth-order valence-electron chi connectivity index (χ4n) is 3.31. The van der Waals surface area contributed by atoms with E-state index >= 15 is 0 Å². The molecule has 0 bridgehead atoms. The topological polar surface area (TPSA) is 96.2 Å². The van der Waals surface area contributed by atoms with Gasteiger partial charge in [-0.15, -0.1) is 0 Å². The fourth-order valence-corrected chi connectivity index (χ4v) is 3.31. The Morgan fingerprint density at radius 1 is 1.38 bits per heavy atom. The monoisotopic (exact) mass is 361 g/mol. The summed E-state index contributed by atoms with van der Waals surface area (Å²) in [6, 6.07) is 3.45. The van der Waals surface area contributed by atoms with Crippen LogP contribution in [-0.2, 0) is 30.8 Å². The van der Waals surface area contributed by atoms with Crippen molar-refractivity contribution in [1.82, 2.24) is 25.2 Å². The number of fused-ring (bicyclic) bond motifs is 1. The first-order valence-electron chi connectivity index (χ1n) is 9.21. The van der Waals surface area contributed by atoms with Crippen LogP contribution >= 0.6 is 0 Å². The summed E-state index contributed by atoms with van der Waals surface area (Å²) in [5.74, 6) is 1.05. The van der Waals surface area contributed by atoms with Crippen LogP contribution in [0.1, 0.15) is 43.8 Å². The number of rotatable bonds is 7. The summed E-state index contributed by atoms with van der Waals surface area (Å²) < 4.78 is 7.01. The predicted octanol–water partition coefficient (Wildman–Crippen LogP) is 1.28. The number of aromatic nitrogens is 3. The normalized spacial score (nSPS) is 15.0. The van der Waals surface area contributed by atoms with E-state index in [0.29, 0.717) is 24.6 Å². The lowest BCUT2D eigenvalue weighted by atomic mass is 10.2. The summed E-state index contributed by atoms with van der Waals surface area (Å²) >= 11 is 0. The smallest absolute Gasteiger partial charge is 0.280 e. The fraction of sp³-hybridized carbons (Fsp3) is 0.611. The number of nitrogens with zero attached hydrogens (tertiary/aromatic N) is 3. The quantitative estimate of drug-likeness (QED) is 0.774. The van der Waals surface area contributed by atoms with Gasteiger partial charge >= 0.3 is 0 Å². The van der Waals surface area contributed by atoms with Crippen molar-refractivity contribution in [2.45, 2.75) is 52.7 Å². The van der Waals surface area contributed by atoms with Gasteiger partial charge in [-0.25, -0.2) is 0 Å². The highest BCUT2D eigenvalue weighted by molar-refractivity contribution is 5.75. The van der Waals surface area contributed by atoms with E-state index in [9.17, 15) is 9.59 Å². The number of aryl methyl sites for hydroxylation is 2. The van der Waals surface area contributed by atoms with Gasteiger partial charge in [0.05, 0.1) is 17.9 Å². The SMILES string of the molecule is CC(C)CN1CCCn2nc(CNC(=O)CCc3cc(=O)[nH]o3)cc2C1. The summed E-state index contributed by atoms with van der Waals surface area (Å²) in [6.45, 7) is 8.91. The van der Waals surface area contributed by atoms with Crippen LogP contribution in [0.4, 0.5) is 0 Å². The molecule has 0 aromatic carbocycles. The van der Waals surface area contributed by atoms with E-state index in [2.05, 4.69) is 45.1 Å². The molecule has 2 aromatic heterocycles. The van der Waals surface area contributed by atoms with E-state index in [4.69, 9.17) is 4.52 Å². The van der Waals surface area contributed by atoms with Gasteiger partial charge in [0.15, 0.2) is 0 Å². The lowest BCUT2D eigenvalue weighted by Crippen LogP contribution is -2.27. The van der Waals surface area contributed by atoms with Crippen molar-refractivity contribution in [2.75, 3.05) is 13.1 Å². The molecule has 0 unspecified atom stereocenters. The minimum Gasteiger partial charge on any atom is -0.384 e. The zero-order valence-corrected chi connectivity index (χ0v) is 15.5. The van der Waals surface area contributed by atoms with E-state index in [1.165, 1.54) is 11.8 Å². The molecule has 0 atom stereocenters. The van der Waals surface area contributed by atoms with Crippen LogP contribution in [0, 0.1) is 5.92 Å². The molecule has 26 heavy (non-hydrogen) atoms. The first kappa shape index (κ1) is 18.4. The molecule has 0 fully saturated rings. The number of nitrogens with one attached hydrogen (secondary N) is 2. The Labute approximate surface area is 152 Å². The van der Waals surface area contributed by atoms with Crippen LogP contribution in [0.3, 0.4) is 0 Å². The average Bonchev–Trinajstić information content (AvgIpc) is 3.12. The highest BCUT2D eigenvalue weighted by Crippen LogP contribution is 2.15. The highest BCUT2D eigenvalue weighted by atomic mass is 16.5. The molecule has 2 aromatic rings. The minimum atomic E-state index is -0.286. The summed E-state index contributed by atoms with van der Waals surface area (Å²) in [5, 5.41) is 9.73. The number of hydrogen-bond donors (Lipinski definition) is 2. The number of carbonyl (C=O) groups is 1. The summed E-state index contributed by atoms with van der Waals surface area (Å²) in [6.07, 6.45) is 1.76. The van der Waals surface area contributed by atoms with Gasteiger partial charge in [0.1, 0.15) is 5.76 Å². The molecule has 8 nitrogen and oxygen atoms in total.